The number of amides is 1. The van der Waals surface area contributed by atoms with Crippen molar-refractivity contribution in [3.8, 4) is 0 Å². The van der Waals surface area contributed by atoms with Gasteiger partial charge in [0, 0.05) is 18.7 Å². The molecule has 2 rings (SSSR count). The molecule has 1 atom stereocenters. The van der Waals surface area contributed by atoms with Crippen molar-refractivity contribution in [3.05, 3.63) is 29.3 Å². The Morgan fingerprint density at radius 1 is 1.29 bits per heavy atom. The van der Waals surface area contributed by atoms with E-state index in [4.69, 9.17) is 4.74 Å². The number of esters is 1. The van der Waals surface area contributed by atoms with Crippen LogP contribution in [0.3, 0.4) is 0 Å². The van der Waals surface area contributed by atoms with Gasteiger partial charge in [-0.25, -0.2) is 0 Å². The summed E-state index contributed by atoms with van der Waals surface area (Å²) in [6.07, 6.45) is 0.129. The second-order valence-corrected chi connectivity index (χ2v) is 5.48. The van der Waals surface area contributed by atoms with Gasteiger partial charge in [-0.1, -0.05) is 6.07 Å². The smallest absolute Gasteiger partial charge is 0.311 e. The summed E-state index contributed by atoms with van der Waals surface area (Å²) < 4.78 is 4.90. The van der Waals surface area contributed by atoms with Crippen LogP contribution in [0.4, 0.5) is 5.69 Å². The van der Waals surface area contributed by atoms with Gasteiger partial charge < -0.3 is 9.64 Å². The zero-order valence-corrected chi connectivity index (χ0v) is 12.5. The largest absolute Gasteiger partial charge is 0.457 e. The predicted octanol–water partition coefficient (Wildman–Crippen LogP) is 1.79. The van der Waals surface area contributed by atoms with Crippen LogP contribution in [-0.2, 0) is 19.1 Å². The van der Waals surface area contributed by atoms with Gasteiger partial charge in [-0.05, 0) is 44.0 Å². The van der Waals surface area contributed by atoms with Crippen LogP contribution in [0.1, 0.15) is 24.5 Å². The fourth-order valence-electron chi connectivity index (χ4n) is 2.30. The second-order valence-electron chi connectivity index (χ2n) is 5.48. The van der Waals surface area contributed by atoms with Crippen LogP contribution in [0.25, 0.3) is 0 Å². The van der Waals surface area contributed by atoms with E-state index in [1.807, 2.05) is 32.0 Å². The first kappa shape index (κ1) is 15.2. The molecule has 21 heavy (non-hydrogen) atoms. The first-order valence-corrected chi connectivity index (χ1v) is 6.92. The lowest BCUT2D eigenvalue weighted by Gasteiger charge is -2.17. The van der Waals surface area contributed by atoms with Gasteiger partial charge in [0.15, 0.2) is 5.78 Å². The maximum Gasteiger partial charge on any atom is 0.311 e. The van der Waals surface area contributed by atoms with E-state index in [1.165, 1.54) is 6.92 Å². The molecule has 1 fully saturated rings. The van der Waals surface area contributed by atoms with Crippen molar-refractivity contribution >= 4 is 23.3 Å². The Kier molecular flexibility index (Phi) is 4.40. The lowest BCUT2D eigenvalue weighted by Crippen LogP contribution is -2.27. The molecule has 1 aromatic carbocycles. The zero-order chi connectivity index (χ0) is 15.6. The minimum absolute atomic E-state index is 0.0944. The van der Waals surface area contributed by atoms with Crippen LogP contribution >= 0.6 is 0 Å². The fraction of sp³-hybridized carbons (Fsp3) is 0.438. The lowest BCUT2D eigenvalue weighted by atomic mass is 10.1. The summed E-state index contributed by atoms with van der Waals surface area (Å²) in [5.74, 6) is -1.29. The molecular formula is C16H19NO4. The number of hydrogen-bond acceptors (Lipinski definition) is 4. The van der Waals surface area contributed by atoms with Crippen LogP contribution < -0.4 is 4.90 Å². The quantitative estimate of drug-likeness (QED) is 0.793. The maximum atomic E-state index is 12.1. The SMILES string of the molecule is CC(=O)COC(=O)[C@H]1CC(=O)N(c2ccc(C)c(C)c2)C1. The molecule has 1 saturated heterocycles. The highest BCUT2D eigenvalue weighted by atomic mass is 16.5. The molecule has 0 bridgehead atoms. The highest BCUT2D eigenvalue weighted by Gasteiger charge is 2.36. The molecule has 0 unspecified atom stereocenters. The van der Waals surface area contributed by atoms with Crippen molar-refractivity contribution in [1.82, 2.24) is 0 Å². The Bertz CT molecular complexity index is 594. The van der Waals surface area contributed by atoms with Crippen LogP contribution in [-0.4, -0.2) is 30.8 Å². The lowest BCUT2D eigenvalue weighted by molar-refractivity contribution is -0.151. The van der Waals surface area contributed by atoms with Crippen LogP contribution in [0, 0.1) is 19.8 Å². The average molecular weight is 289 g/mol. The summed E-state index contributed by atoms with van der Waals surface area (Å²) in [7, 11) is 0. The van der Waals surface area contributed by atoms with E-state index in [0.717, 1.165) is 16.8 Å². The standard InChI is InChI=1S/C16H19NO4/c1-10-4-5-14(6-11(10)2)17-8-13(7-15(17)19)16(20)21-9-12(3)18/h4-6,13H,7-9H2,1-3H3/t13-/m0/s1. The molecule has 1 aliphatic rings. The summed E-state index contributed by atoms with van der Waals surface area (Å²) in [6.45, 7) is 5.42. The number of ketones is 1. The van der Waals surface area contributed by atoms with Gasteiger partial charge in [0.2, 0.25) is 5.91 Å². The molecule has 5 heteroatoms. The molecule has 1 aliphatic heterocycles. The third-order valence-electron chi connectivity index (χ3n) is 3.68. The molecular weight excluding hydrogens is 270 g/mol. The number of anilines is 1. The minimum atomic E-state index is -0.501. The molecule has 112 valence electrons. The van der Waals surface area contributed by atoms with Gasteiger partial charge in [0.05, 0.1) is 5.92 Å². The Labute approximate surface area is 123 Å². The van der Waals surface area contributed by atoms with Gasteiger partial charge in [-0.2, -0.15) is 0 Å². The van der Waals surface area contributed by atoms with E-state index in [-0.39, 0.29) is 24.7 Å². The third kappa shape index (κ3) is 3.48. The first-order chi connectivity index (χ1) is 9.88. The number of Topliss-reactive ketones (excluding diaryl/α,β-unsaturated/α-hetero) is 1. The predicted molar refractivity (Wildman–Crippen MR) is 78.0 cm³/mol. The number of nitrogens with zero attached hydrogens (tertiary/aromatic N) is 1. The molecule has 0 aliphatic carbocycles. The van der Waals surface area contributed by atoms with E-state index >= 15 is 0 Å². The normalized spacial score (nSPS) is 18.0. The van der Waals surface area contributed by atoms with Crippen molar-refractivity contribution in [2.24, 2.45) is 5.92 Å². The average Bonchev–Trinajstić information content (AvgIpc) is 2.81. The van der Waals surface area contributed by atoms with Crippen molar-refractivity contribution in [2.75, 3.05) is 18.1 Å². The monoisotopic (exact) mass is 289 g/mol. The number of hydrogen-bond donors (Lipinski definition) is 0. The van der Waals surface area contributed by atoms with Gasteiger partial charge in [-0.15, -0.1) is 0 Å². The van der Waals surface area contributed by atoms with Crippen molar-refractivity contribution in [3.63, 3.8) is 0 Å². The topological polar surface area (TPSA) is 63.7 Å². The summed E-state index contributed by atoms with van der Waals surface area (Å²) in [4.78, 5) is 36.3. The number of ether oxygens (including phenoxy) is 1. The molecule has 0 spiro atoms. The molecule has 1 heterocycles. The maximum absolute atomic E-state index is 12.1. The van der Waals surface area contributed by atoms with Crippen molar-refractivity contribution in [2.45, 2.75) is 27.2 Å². The van der Waals surface area contributed by atoms with Gasteiger partial charge in [0.25, 0.3) is 0 Å². The van der Waals surface area contributed by atoms with Crippen molar-refractivity contribution < 1.29 is 19.1 Å². The minimum Gasteiger partial charge on any atom is -0.457 e. The Morgan fingerprint density at radius 2 is 2.00 bits per heavy atom. The van der Waals surface area contributed by atoms with Crippen molar-refractivity contribution in [1.29, 1.82) is 0 Å². The molecule has 0 radical (unpaired) electrons. The number of benzene rings is 1. The summed E-state index contributed by atoms with van der Waals surface area (Å²) in [6, 6.07) is 5.78. The number of carbonyl (C=O) groups excluding carboxylic acids is 3. The first-order valence-electron chi connectivity index (χ1n) is 6.92. The number of aryl methyl sites for hydroxylation is 2. The van der Waals surface area contributed by atoms with Crippen LogP contribution in [0.15, 0.2) is 18.2 Å². The number of rotatable bonds is 4. The highest BCUT2D eigenvalue weighted by Crippen LogP contribution is 2.27. The van der Waals surface area contributed by atoms with E-state index in [1.54, 1.807) is 4.90 Å². The second kappa shape index (κ2) is 6.08. The number of carbonyl (C=O) groups is 3. The molecule has 1 aromatic rings. The Morgan fingerprint density at radius 3 is 2.62 bits per heavy atom. The fourth-order valence-corrected chi connectivity index (χ4v) is 2.30. The van der Waals surface area contributed by atoms with Crippen LogP contribution in [0.2, 0.25) is 0 Å². The molecule has 0 N–H and O–H groups in total. The Balaban J connectivity index is 2.07. The van der Waals surface area contributed by atoms with E-state index in [2.05, 4.69) is 0 Å². The van der Waals surface area contributed by atoms with E-state index in [9.17, 15) is 14.4 Å². The highest BCUT2D eigenvalue weighted by molar-refractivity contribution is 5.99. The summed E-state index contributed by atoms with van der Waals surface area (Å²) in [5, 5.41) is 0. The molecule has 0 saturated carbocycles. The Hall–Kier alpha value is -2.17. The summed E-state index contributed by atoms with van der Waals surface area (Å²) >= 11 is 0. The molecule has 0 aromatic heterocycles. The zero-order valence-electron chi connectivity index (χ0n) is 12.5. The van der Waals surface area contributed by atoms with Crippen LogP contribution in [0.5, 0.6) is 0 Å². The third-order valence-corrected chi connectivity index (χ3v) is 3.68. The summed E-state index contributed by atoms with van der Waals surface area (Å²) in [5.41, 5.74) is 3.05. The van der Waals surface area contributed by atoms with Gasteiger partial charge >= 0.3 is 5.97 Å². The van der Waals surface area contributed by atoms with E-state index < -0.39 is 11.9 Å². The van der Waals surface area contributed by atoms with Gasteiger partial charge in [0.1, 0.15) is 6.61 Å². The van der Waals surface area contributed by atoms with E-state index in [0.29, 0.717) is 6.54 Å². The van der Waals surface area contributed by atoms with Gasteiger partial charge in [-0.3, -0.25) is 14.4 Å². The molecule has 1 amide bonds. The molecule has 5 nitrogen and oxygen atoms in total.